The monoisotopic (exact) mass is 392 g/mol. The molecule has 9 heteroatoms. The van der Waals surface area contributed by atoms with E-state index in [0.29, 0.717) is 16.7 Å². The van der Waals surface area contributed by atoms with Gasteiger partial charge in [-0.1, -0.05) is 11.6 Å². The minimum atomic E-state index is -0.908. The Morgan fingerprint density at radius 2 is 1.74 bits per heavy atom. The average molecular weight is 393 g/mol. The average Bonchev–Trinajstić information content (AvgIpc) is 3.47. The summed E-state index contributed by atoms with van der Waals surface area (Å²) in [5.41, 5.74) is -0.0185. The largest absolute Gasteiger partial charge is 0.494 e. The van der Waals surface area contributed by atoms with E-state index in [4.69, 9.17) is 21.1 Å². The van der Waals surface area contributed by atoms with Crippen molar-refractivity contribution in [2.75, 3.05) is 19.5 Å². The van der Waals surface area contributed by atoms with Gasteiger partial charge < -0.3 is 14.8 Å². The second-order valence-electron chi connectivity index (χ2n) is 6.12. The topological polar surface area (TPSA) is 69.2 Å². The molecule has 4 rings (SSSR count). The van der Waals surface area contributed by atoms with Gasteiger partial charge in [-0.2, -0.15) is 0 Å². The minimum absolute atomic E-state index is 0.137. The number of benzene rings is 1. The molecule has 1 N–H and O–H groups in total. The van der Waals surface area contributed by atoms with Crippen molar-refractivity contribution in [2.24, 2.45) is 0 Å². The Hall–Kier alpha value is -2.74. The second kappa shape index (κ2) is 6.77. The quantitative estimate of drug-likeness (QED) is 0.656. The fourth-order valence-electron chi connectivity index (χ4n) is 2.73. The van der Waals surface area contributed by atoms with Crippen LogP contribution in [-0.4, -0.2) is 35.2 Å². The molecule has 2 aromatic heterocycles. The lowest BCUT2D eigenvalue weighted by Gasteiger charge is -2.14. The Morgan fingerprint density at radius 1 is 1.07 bits per heavy atom. The van der Waals surface area contributed by atoms with Crippen LogP contribution in [0.15, 0.2) is 18.3 Å². The van der Waals surface area contributed by atoms with Crippen LogP contribution in [0, 0.1) is 11.6 Å². The number of rotatable bonds is 5. The smallest absolute Gasteiger partial charge is 0.179 e. The van der Waals surface area contributed by atoms with E-state index in [1.165, 1.54) is 20.4 Å². The molecule has 1 aliphatic rings. The summed E-state index contributed by atoms with van der Waals surface area (Å²) in [6, 6.07) is 3.02. The zero-order chi connectivity index (χ0) is 19.1. The number of anilines is 1. The molecule has 0 radical (unpaired) electrons. The van der Waals surface area contributed by atoms with Gasteiger partial charge in [0.05, 0.1) is 31.5 Å². The van der Waals surface area contributed by atoms with E-state index < -0.39 is 17.2 Å². The molecule has 0 saturated heterocycles. The second-order valence-corrected chi connectivity index (χ2v) is 6.51. The Balaban J connectivity index is 1.98. The molecule has 2 heterocycles. The molecule has 6 nitrogen and oxygen atoms in total. The SMILES string of the molecule is COc1cc(OC)c(F)c(-c2nc(NC3CC3)c3cc(Cl)ncc3n2)c1F. The molecular formula is C18H15ClF2N4O2. The lowest BCUT2D eigenvalue weighted by Crippen LogP contribution is -2.08. The van der Waals surface area contributed by atoms with Gasteiger partial charge >= 0.3 is 0 Å². The van der Waals surface area contributed by atoms with Crippen molar-refractivity contribution in [3.8, 4) is 22.9 Å². The summed E-state index contributed by atoms with van der Waals surface area (Å²) in [6.07, 6.45) is 3.43. The summed E-state index contributed by atoms with van der Waals surface area (Å²) in [5, 5.41) is 4.15. The first-order valence-electron chi connectivity index (χ1n) is 8.22. The number of ether oxygens (including phenoxy) is 2. The van der Waals surface area contributed by atoms with Crippen LogP contribution in [0.4, 0.5) is 14.6 Å². The number of nitrogens with one attached hydrogen (secondary N) is 1. The fraction of sp³-hybridized carbons (Fsp3) is 0.278. The Morgan fingerprint density at radius 3 is 2.33 bits per heavy atom. The van der Waals surface area contributed by atoms with Gasteiger partial charge in [0.25, 0.3) is 0 Å². The van der Waals surface area contributed by atoms with E-state index in [1.54, 1.807) is 6.07 Å². The number of pyridine rings is 1. The van der Waals surface area contributed by atoms with Crippen LogP contribution in [0.3, 0.4) is 0 Å². The van der Waals surface area contributed by atoms with Crippen molar-refractivity contribution in [3.05, 3.63) is 35.1 Å². The third-order valence-electron chi connectivity index (χ3n) is 4.26. The maximum absolute atomic E-state index is 14.8. The van der Waals surface area contributed by atoms with Crippen molar-refractivity contribution in [1.29, 1.82) is 0 Å². The summed E-state index contributed by atoms with van der Waals surface area (Å²) < 4.78 is 39.7. The standard InChI is InChI=1S/C18H15ClF2N4O2/c1-26-11-6-12(27-2)16(21)14(15(11)20)18-24-10-7-22-13(19)5-9(10)17(25-18)23-8-3-4-8/h5-8H,3-4H2,1-2H3,(H,23,24,25). The zero-order valence-electron chi connectivity index (χ0n) is 14.5. The maximum atomic E-state index is 14.8. The molecule has 140 valence electrons. The molecule has 0 atom stereocenters. The van der Waals surface area contributed by atoms with Gasteiger partial charge in [-0.25, -0.2) is 23.7 Å². The van der Waals surface area contributed by atoms with Gasteiger partial charge in [0.15, 0.2) is 29.0 Å². The van der Waals surface area contributed by atoms with Crippen molar-refractivity contribution in [1.82, 2.24) is 15.0 Å². The Kier molecular flexibility index (Phi) is 4.43. The van der Waals surface area contributed by atoms with E-state index in [9.17, 15) is 8.78 Å². The Labute approximate surface area is 158 Å². The van der Waals surface area contributed by atoms with Gasteiger partial charge in [0, 0.05) is 17.5 Å². The van der Waals surface area contributed by atoms with Gasteiger partial charge in [-0.3, -0.25) is 0 Å². The molecule has 0 bridgehead atoms. The minimum Gasteiger partial charge on any atom is -0.494 e. The van der Waals surface area contributed by atoms with E-state index in [2.05, 4.69) is 20.3 Å². The third-order valence-corrected chi connectivity index (χ3v) is 4.47. The summed E-state index contributed by atoms with van der Waals surface area (Å²) in [4.78, 5) is 12.6. The van der Waals surface area contributed by atoms with Crippen LogP contribution in [0.1, 0.15) is 12.8 Å². The summed E-state index contributed by atoms with van der Waals surface area (Å²) in [7, 11) is 2.57. The van der Waals surface area contributed by atoms with Gasteiger partial charge in [-0.05, 0) is 18.9 Å². The van der Waals surface area contributed by atoms with Gasteiger partial charge in [0.2, 0.25) is 0 Å². The number of nitrogens with zero attached hydrogens (tertiary/aromatic N) is 3. The van der Waals surface area contributed by atoms with Gasteiger partial charge in [-0.15, -0.1) is 0 Å². The molecule has 27 heavy (non-hydrogen) atoms. The molecular weight excluding hydrogens is 378 g/mol. The first kappa shape index (κ1) is 17.7. The van der Waals surface area contributed by atoms with Crippen LogP contribution < -0.4 is 14.8 Å². The molecule has 1 fully saturated rings. The lowest BCUT2D eigenvalue weighted by molar-refractivity contribution is 0.359. The van der Waals surface area contributed by atoms with E-state index >= 15 is 0 Å². The molecule has 0 unspecified atom stereocenters. The van der Waals surface area contributed by atoms with Crippen LogP contribution in [0.5, 0.6) is 11.5 Å². The molecule has 0 aliphatic heterocycles. The van der Waals surface area contributed by atoms with Crippen LogP contribution in [0.25, 0.3) is 22.3 Å². The molecule has 0 spiro atoms. The molecule has 1 aromatic carbocycles. The molecule has 3 aromatic rings. The van der Waals surface area contributed by atoms with E-state index in [0.717, 1.165) is 18.9 Å². The first-order valence-corrected chi connectivity index (χ1v) is 8.59. The number of methoxy groups -OCH3 is 2. The molecule has 0 amide bonds. The van der Waals surface area contributed by atoms with Gasteiger partial charge in [0.1, 0.15) is 11.0 Å². The highest BCUT2D eigenvalue weighted by Crippen LogP contribution is 2.38. The van der Waals surface area contributed by atoms with Crippen LogP contribution in [0.2, 0.25) is 5.15 Å². The fourth-order valence-corrected chi connectivity index (χ4v) is 2.89. The normalized spacial score (nSPS) is 13.7. The van der Waals surface area contributed by atoms with E-state index in [-0.39, 0.29) is 28.5 Å². The summed E-state index contributed by atoms with van der Waals surface area (Å²) in [6.45, 7) is 0. The molecule has 1 aliphatic carbocycles. The van der Waals surface area contributed by atoms with E-state index in [1.807, 2.05) is 0 Å². The van der Waals surface area contributed by atoms with Crippen molar-refractivity contribution in [2.45, 2.75) is 18.9 Å². The van der Waals surface area contributed by atoms with Crippen molar-refractivity contribution >= 4 is 28.3 Å². The highest BCUT2D eigenvalue weighted by molar-refractivity contribution is 6.30. The predicted octanol–water partition coefficient (Wildman–Crippen LogP) is 4.21. The van der Waals surface area contributed by atoms with Crippen LogP contribution in [-0.2, 0) is 0 Å². The predicted molar refractivity (Wildman–Crippen MR) is 97.4 cm³/mol. The highest BCUT2D eigenvalue weighted by Gasteiger charge is 2.27. The number of fused-ring (bicyclic) bond motifs is 1. The maximum Gasteiger partial charge on any atom is 0.179 e. The first-order chi connectivity index (χ1) is 13.0. The number of aromatic nitrogens is 3. The zero-order valence-corrected chi connectivity index (χ0v) is 15.3. The summed E-state index contributed by atoms with van der Waals surface area (Å²) in [5.74, 6) is -1.84. The number of hydrogen-bond acceptors (Lipinski definition) is 6. The highest BCUT2D eigenvalue weighted by atomic mass is 35.5. The molecule has 1 saturated carbocycles. The summed E-state index contributed by atoms with van der Waals surface area (Å²) >= 11 is 5.98. The van der Waals surface area contributed by atoms with Crippen molar-refractivity contribution < 1.29 is 18.3 Å². The van der Waals surface area contributed by atoms with Crippen LogP contribution >= 0.6 is 11.6 Å². The Bertz CT molecular complexity index is 1020. The lowest BCUT2D eigenvalue weighted by atomic mass is 10.1. The number of halogens is 3. The number of hydrogen-bond donors (Lipinski definition) is 1. The third kappa shape index (κ3) is 3.21. The van der Waals surface area contributed by atoms with Crippen molar-refractivity contribution in [3.63, 3.8) is 0 Å².